The summed E-state index contributed by atoms with van der Waals surface area (Å²) in [7, 11) is 1.55. The number of carboxylic acid groups (broad SMARTS) is 1. The zero-order valence-electron chi connectivity index (χ0n) is 12.7. The summed E-state index contributed by atoms with van der Waals surface area (Å²) in [5.41, 5.74) is 2.10. The Hall–Kier alpha value is -3.30. The molecule has 0 unspecified atom stereocenters. The Balaban J connectivity index is 1.75. The number of pyridine rings is 1. The highest BCUT2D eigenvalue weighted by Crippen LogP contribution is 2.27. The molecule has 1 aliphatic heterocycles. The molecule has 1 fully saturated rings. The molecule has 1 saturated heterocycles. The molecule has 4 rings (SSSR count). The molecule has 0 aliphatic carbocycles. The first-order chi connectivity index (χ1) is 11.6. The number of carbonyl (C=O) groups excluding carboxylic acids is 1. The van der Waals surface area contributed by atoms with Gasteiger partial charge in [0.2, 0.25) is 5.65 Å². The van der Waals surface area contributed by atoms with E-state index < -0.39 is 6.09 Å². The zero-order chi connectivity index (χ0) is 16.8. The second kappa shape index (κ2) is 5.11. The summed E-state index contributed by atoms with van der Waals surface area (Å²) in [5, 5.41) is 17.0. The molecule has 0 bridgehead atoms. The van der Waals surface area contributed by atoms with E-state index in [4.69, 9.17) is 5.11 Å². The van der Waals surface area contributed by atoms with E-state index in [2.05, 4.69) is 20.2 Å². The third-order valence-corrected chi connectivity index (χ3v) is 4.23. The van der Waals surface area contributed by atoms with Crippen LogP contribution < -0.4 is 4.90 Å². The minimum atomic E-state index is -0.957. The first kappa shape index (κ1) is 14.3. The zero-order valence-corrected chi connectivity index (χ0v) is 12.7. The Morgan fingerprint density at radius 3 is 2.96 bits per heavy atom. The number of aromatic nitrogens is 5. The van der Waals surface area contributed by atoms with Crippen LogP contribution in [0.4, 0.5) is 10.6 Å². The minimum absolute atomic E-state index is 0.0895. The van der Waals surface area contributed by atoms with Crippen LogP contribution in [-0.4, -0.2) is 73.1 Å². The number of anilines is 1. The van der Waals surface area contributed by atoms with Gasteiger partial charge < -0.3 is 14.9 Å². The number of rotatable bonds is 3. The highest BCUT2D eigenvalue weighted by molar-refractivity contribution is 5.85. The summed E-state index contributed by atoms with van der Waals surface area (Å²) >= 11 is 0. The van der Waals surface area contributed by atoms with Gasteiger partial charge in [-0.1, -0.05) is 0 Å². The van der Waals surface area contributed by atoms with Crippen LogP contribution in [0.2, 0.25) is 0 Å². The lowest BCUT2D eigenvalue weighted by atomic mass is 10.1. The number of hydrogen-bond donors (Lipinski definition) is 1. The lowest BCUT2D eigenvalue weighted by molar-refractivity contribution is 0.112. The number of fused-ring (bicyclic) bond motifs is 3. The van der Waals surface area contributed by atoms with Crippen LogP contribution >= 0.6 is 0 Å². The molecule has 24 heavy (non-hydrogen) atoms. The molecule has 1 aliphatic rings. The van der Waals surface area contributed by atoms with Crippen LogP contribution in [0.1, 0.15) is 10.4 Å². The molecule has 10 heteroatoms. The first-order valence-corrected chi connectivity index (χ1v) is 7.24. The molecule has 0 radical (unpaired) electrons. The number of hydrogen-bond acceptors (Lipinski definition) is 7. The van der Waals surface area contributed by atoms with E-state index in [1.165, 1.54) is 11.1 Å². The van der Waals surface area contributed by atoms with Crippen LogP contribution in [-0.2, 0) is 0 Å². The molecule has 3 aromatic heterocycles. The van der Waals surface area contributed by atoms with Crippen LogP contribution in [0.25, 0.3) is 16.8 Å². The SMILES string of the molecule is CN(C(=O)O)C1CN(c2nc3ncc(C=O)cc3n3cnnc23)C1. The van der Waals surface area contributed by atoms with E-state index in [0.717, 1.165) is 6.29 Å². The Bertz CT molecular complexity index is 964. The Morgan fingerprint density at radius 2 is 2.25 bits per heavy atom. The van der Waals surface area contributed by atoms with Gasteiger partial charge in [-0.3, -0.25) is 9.20 Å². The molecular formula is C14H13N7O3. The van der Waals surface area contributed by atoms with Crippen molar-refractivity contribution in [2.45, 2.75) is 6.04 Å². The number of amides is 1. The third-order valence-electron chi connectivity index (χ3n) is 4.23. The van der Waals surface area contributed by atoms with Crippen molar-refractivity contribution in [2.24, 2.45) is 0 Å². The van der Waals surface area contributed by atoms with Gasteiger partial charge in [0.15, 0.2) is 17.8 Å². The highest BCUT2D eigenvalue weighted by atomic mass is 16.4. The number of carbonyl (C=O) groups is 2. The molecule has 0 aromatic carbocycles. The number of nitrogens with zero attached hydrogens (tertiary/aromatic N) is 7. The maximum atomic E-state index is 11.0. The predicted molar refractivity (Wildman–Crippen MR) is 83.3 cm³/mol. The van der Waals surface area contributed by atoms with Gasteiger partial charge in [-0.2, -0.15) is 0 Å². The van der Waals surface area contributed by atoms with E-state index in [1.807, 2.05) is 4.90 Å². The van der Waals surface area contributed by atoms with Gasteiger partial charge in [-0.15, -0.1) is 10.2 Å². The fraction of sp³-hybridized carbons (Fsp3) is 0.286. The quantitative estimate of drug-likeness (QED) is 0.682. The lowest BCUT2D eigenvalue weighted by Crippen LogP contribution is -2.60. The summed E-state index contributed by atoms with van der Waals surface area (Å²) in [5.74, 6) is 0.599. The normalized spacial score (nSPS) is 14.8. The Morgan fingerprint density at radius 1 is 1.46 bits per heavy atom. The van der Waals surface area contributed by atoms with Crippen molar-refractivity contribution in [3.63, 3.8) is 0 Å². The van der Waals surface area contributed by atoms with E-state index in [-0.39, 0.29) is 6.04 Å². The smallest absolute Gasteiger partial charge is 0.407 e. The van der Waals surface area contributed by atoms with Crippen molar-refractivity contribution < 1.29 is 14.7 Å². The summed E-state index contributed by atoms with van der Waals surface area (Å²) in [6, 6.07) is 1.59. The van der Waals surface area contributed by atoms with E-state index in [1.54, 1.807) is 23.8 Å². The fourth-order valence-electron chi connectivity index (χ4n) is 2.74. The van der Waals surface area contributed by atoms with Gasteiger partial charge in [-0.05, 0) is 6.07 Å². The topological polar surface area (TPSA) is 117 Å². The summed E-state index contributed by atoms with van der Waals surface area (Å²) in [6.45, 7) is 1.05. The largest absolute Gasteiger partial charge is 0.465 e. The first-order valence-electron chi connectivity index (χ1n) is 7.24. The number of aldehydes is 1. The average molecular weight is 327 g/mol. The van der Waals surface area contributed by atoms with Crippen LogP contribution in [0.5, 0.6) is 0 Å². The minimum Gasteiger partial charge on any atom is -0.465 e. The van der Waals surface area contributed by atoms with Gasteiger partial charge in [-0.25, -0.2) is 14.8 Å². The Labute approximate surface area is 135 Å². The molecular weight excluding hydrogens is 314 g/mol. The second-order valence-corrected chi connectivity index (χ2v) is 5.64. The van der Waals surface area contributed by atoms with Crippen molar-refractivity contribution in [3.8, 4) is 0 Å². The maximum absolute atomic E-state index is 11.0. The van der Waals surface area contributed by atoms with Gasteiger partial charge in [0.1, 0.15) is 6.33 Å². The van der Waals surface area contributed by atoms with Crippen molar-refractivity contribution >= 4 is 35.0 Å². The summed E-state index contributed by atoms with van der Waals surface area (Å²) in [4.78, 5) is 33.9. The van der Waals surface area contributed by atoms with E-state index in [9.17, 15) is 9.59 Å². The van der Waals surface area contributed by atoms with Gasteiger partial charge >= 0.3 is 6.09 Å². The molecule has 1 N–H and O–H groups in total. The van der Waals surface area contributed by atoms with Gasteiger partial charge in [0, 0.05) is 31.9 Å². The lowest BCUT2D eigenvalue weighted by Gasteiger charge is -2.43. The molecule has 3 aromatic rings. The average Bonchev–Trinajstić information content (AvgIpc) is 3.02. The monoisotopic (exact) mass is 327 g/mol. The van der Waals surface area contributed by atoms with Gasteiger partial charge in [0.05, 0.1) is 11.6 Å². The summed E-state index contributed by atoms with van der Waals surface area (Å²) < 4.78 is 1.73. The van der Waals surface area contributed by atoms with Crippen LogP contribution in [0.15, 0.2) is 18.6 Å². The molecule has 10 nitrogen and oxygen atoms in total. The highest BCUT2D eigenvalue weighted by Gasteiger charge is 2.35. The molecule has 1 amide bonds. The molecule has 0 saturated carbocycles. The number of likely N-dealkylation sites (N-methyl/N-ethyl adjacent to an activating group) is 1. The van der Waals surface area contributed by atoms with E-state index in [0.29, 0.717) is 41.3 Å². The van der Waals surface area contributed by atoms with Crippen LogP contribution in [0, 0.1) is 0 Å². The van der Waals surface area contributed by atoms with Crippen molar-refractivity contribution in [3.05, 3.63) is 24.2 Å². The molecule has 0 atom stereocenters. The standard InChI is InChI=1S/C14H13N7O3/c1-19(14(23)24)9-4-20(5-9)12-13-18-16-7-21(13)10-2-8(6-22)3-15-11(10)17-12/h2-3,6-7,9H,4-5H2,1H3,(H,23,24). The predicted octanol–water partition coefficient (Wildman–Crippen LogP) is 0.283. The summed E-state index contributed by atoms with van der Waals surface area (Å²) in [6.07, 6.45) is 2.76. The molecule has 122 valence electrons. The Kier molecular flexibility index (Phi) is 3.05. The van der Waals surface area contributed by atoms with Crippen molar-refractivity contribution in [2.75, 3.05) is 25.0 Å². The van der Waals surface area contributed by atoms with Gasteiger partial charge in [0.25, 0.3) is 0 Å². The fourth-order valence-corrected chi connectivity index (χ4v) is 2.74. The maximum Gasteiger partial charge on any atom is 0.407 e. The van der Waals surface area contributed by atoms with E-state index >= 15 is 0 Å². The van der Waals surface area contributed by atoms with Crippen LogP contribution in [0.3, 0.4) is 0 Å². The third kappa shape index (κ3) is 2.03. The molecule has 0 spiro atoms. The molecule has 4 heterocycles. The second-order valence-electron chi connectivity index (χ2n) is 5.64. The van der Waals surface area contributed by atoms with Crippen molar-refractivity contribution in [1.82, 2.24) is 29.5 Å². The van der Waals surface area contributed by atoms with Crippen molar-refractivity contribution in [1.29, 1.82) is 0 Å².